The van der Waals surface area contributed by atoms with E-state index < -0.39 is 0 Å². The highest BCUT2D eigenvalue weighted by Gasteiger charge is 2.27. The van der Waals surface area contributed by atoms with E-state index in [9.17, 15) is 4.79 Å². The molecule has 0 aromatic carbocycles. The van der Waals surface area contributed by atoms with Crippen LogP contribution in [0.1, 0.15) is 30.1 Å². The third-order valence-electron chi connectivity index (χ3n) is 1.90. The molecule has 0 radical (unpaired) electrons. The van der Waals surface area contributed by atoms with Crippen LogP contribution in [0.25, 0.3) is 0 Å². The first-order valence-electron chi connectivity index (χ1n) is 3.83. The summed E-state index contributed by atoms with van der Waals surface area (Å²) in [5.41, 5.74) is 1.54. The fourth-order valence-electron chi connectivity index (χ4n) is 1.15. The van der Waals surface area contributed by atoms with Gasteiger partial charge in [0.2, 0.25) is 0 Å². The smallest absolute Gasteiger partial charge is 0.270 e. The molecular formula is C8H10N2O. The predicted octanol–water partition coefficient (Wildman–Crippen LogP) is 0.956. The summed E-state index contributed by atoms with van der Waals surface area (Å²) in [6, 6.07) is 0. The van der Waals surface area contributed by atoms with E-state index >= 15 is 0 Å². The molecule has 0 atom stereocenters. The van der Waals surface area contributed by atoms with Crippen LogP contribution in [0.3, 0.4) is 0 Å². The molecule has 0 aliphatic heterocycles. The van der Waals surface area contributed by atoms with Gasteiger partial charge in [-0.15, -0.1) is 0 Å². The topological polar surface area (TPSA) is 45.8 Å². The van der Waals surface area contributed by atoms with Gasteiger partial charge in [-0.3, -0.25) is 9.78 Å². The number of nitrogens with zero attached hydrogens (tertiary/aromatic N) is 1. The lowest BCUT2D eigenvalue weighted by Crippen LogP contribution is -2.14. The fraction of sp³-hybridized carbons (Fsp3) is 0.500. The summed E-state index contributed by atoms with van der Waals surface area (Å²) in [5.74, 6) is 0.444. The van der Waals surface area contributed by atoms with E-state index in [1.807, 2.05) is 6.92 Å². The Morgan fingerprint density at radius 1 is 1.64 bits per heavy atom. The van der Waals surface area contributed by atoms with Gasteiger partial charge in [-0.1, -0.05) is 0 Å². The number of aromatic amines is 1. The number of H-pyrrole nitrogens is 1. The van der Waals surface area contributed by atoms with E-state index in [4.69, 9.17) is 0 Å². The zero-order chi connectivity index (χ0) is 7.84. The maximum absolute atomic E-state index is 11.2. The molecule has 0 spiro atoms. The summed E-state index contributed by atoms with van der Waals surface area (Å²) in [6.45, 7) is 1.84. The van der Waals surface area contributed by atoms with Gasteiger partial charge in [0.05, 0.1) is 0 Å². The van der Waals surface area contributed by atoms with Crippen LogP contribution in [-0.4, -0.2) is 9.97 Å². The molecule has 1 aliphatic carbocycles. The molecular weight excluding hydrogens is 140 g/mol. The Balaban J connectivity index is 2.48. The first-order valence-corrected chi connectivity index (χ1v) is 3.83. The molecule has 1 fully saturated rings. The number of hydrogen-bond acceptors (Lipinski definition) is 2. The second-order valence-electron chi connectivity index (χ2n) is 3.05. The molecule has 0 saturated heterocycles. The maximum atomic E-state index is 11.2. The lowest BCUT2D eigenvalue weighted by molar-refractivity contribution is 0.930. The Labute approximate surface area is 64.5 Å². The van der Waals surface area contributed by atoms with Crippen molar-refractivity contribution in [3.63, 3.8) is 0 Å². The Morgan fingerprint density at radius 3 is 2.91 bits per heavy atom. The van der Waals surface area contributed by atoms with Crippen molar-refractivity contribution in [3.8, 4) is 0 Å². The van der Waals surface area contributed by atoms with Crippen LogP contribution < -0.4 is 5.56 Å². The summed E-state index contributed by atoms with van der Waals surface area (Å²) < 4.78 is 0. The molecule has 1 N–H and O–H groups in total. The molecule has 11 heavy (non-hydrogen) atoms. The molecule has 3 heteroatoms. The molecule has 1 aromatic rings. The van der Waals surface area contributed by atoms with Crippen LogP contribution in [-0.2, 0) is 0 Å². The monoisotopic (exact) mass is 150 g/mol. The average molecular weight is 150 g/mol. The average Bonchev–Trinajstić information content (AvgIpc) is 2.70. The second-order valence-corrected chi connectivity index (χ2v) is 3.05. The van der Waals surface area contributed by atoms with E-state index in [1.54, 1.807) is 6.20 Å². The summed E-state index contributed by atoms with van der Waals surface area (Å²) >= 11 is 0. The van der Waals surface area contributed by atoms with Gasteiger partial charge in [0, 0.05) is 17.8 Å². The number of rotatable bonds is 1. The highest BCUT2D eigenvalue weighted by molar-refractivity contribution is 5.12. The van der Waals surface area contributed by atoms with Gasteiger partial charge in [0.15, 0.2) is 0 Å². The van der Waals surface area contributed by atoms with Crippen LogP contribution in [0, 0.1) is 6.92 Å². The van der Waals surface area contributed by atoms with Crippen molar-refractivity contribution in [2.75, 3.05) is 0 Å². The number of aromatic nitrogens is 2. The minimum Gasteiger partial charge on any atom is -0.323 e. The lowest BCUT2D eigenvalue weighted by atomic mass is 10.3. The standard InChI is InChI=1S/C8H10N2O/c1-5-4-9-7(6-2-3-6)8(11)10-5/h4,6H,2-3H2,1H3,(H,10,11). The predicted molar refractivity (Wildman–Crippen MR) is 41.6 cm³/mol. The minimum atomic E-state index is -0.00694. The molecule has 0 unspecified atom stereocenters. The largest absolute Gasteiger partial charge is 0.323 e. The Kier molecular flexibility index (Phi) is 1.31. The Bertz CT molecular complexity index is 325. The third kappa shape index (κ3) is 1.18. The van der Waals surface area contributed by atoms with Crippen LogP contribution in [0.4, 0.5) is 0 Å². The van der Waals surface area contributed by atoms with E-state index in [-0.39, 0.29) is 5.56 Å². The van der Waals surface area contributed by atoms with Crippen molar-refractivity contribution < 1.29 is 0 Å². The van der Waals surface area contributed by atoms with Crippen molar-refractivity contribution >= 4 is 0 Å². The zero-order valence-corrected chi connectivity index (χ0v) is 6.42. The van der Waals surface area contributed by atoms with Gasteiger partial charge < -0.3 is 4.98 Å². The molecule has 1 saturated carbocycles. The van der Waals surface area contributed by atoms with Gasteiger partial charge in [0.1, 0.15) is 5.69 Å². The summed E-state index contributed by atoms with van der Waals surface area (Å²) in [6.07, 6.45) is 3.97. The molecule has 0 amide bonds. The van der Waals surface area contributed by atoms with Gasteiger partial charge >= 0.3 is 0 Å². The second kappa shape index (κ2) is 2.19. The molecule has 58 valence electrons. The highest BCUT2D eigenvalue weighted by Crippen LogP contribution is 2.36. The van der Waals surface area contributed by atoms with Crippen molar-refractivity contribution in [2.45, 2.75) is 25.7 Å². The Morgan fingerprint density at radius 2 is 2.36 bits per heavy atom. The molecule has 2 rings (SSSR count). The van der Waals surface area contributed by atoms with Crippen LogP contribution >= 0.6 is 0 Å². The van der Waals surface area contributed by atoms with E-state index in [2.05, 4.69) is 9.97 Å². The van der Waals surface area contributed by atoms with Gasteiger partial charge in [0.25, 0.3) is 5.56 Å². The first-order chi connectivity index (χ1) is 5.27. The third-order valence-corrected chi connectivity index (χ3v) is 1.90. The number of nitrogens with one attached hydrogen (secondary N) is 1. The summed E-state index contributed by atoms with van der Waals surface area (Å²) in [5, 5.41) is 0. The van der Waals surface area contributed by atoms with E-state index in [0.29, 0.717) is 5.92 Å². The van der Waals surface area contributed by atoms with Crippen LogP contribution in [0.5, 0.6) is 0 Å². The SMILES string of the molecule is Cc1cnc(C2CC2)c(=O)[nH]1. The molecule has 0 bridgehead atoms. The van der Waals surface area contributed by atoms with E-state index in [1.165, 1.54) is 0 Å². The Hall–Kier alpha value is -1.12. The van der Waals surface area contributed by atoms with Gasteiger partial charge in [-0.05, 0) is 19.8 Å². The van der Waals surface area contributed by atoms with Crippen molar-refractivity contribution in [2.24, 2.45) is 0 Å². The molecule has 1 heterocycles. The molecule has 1 aliphatic rings. The number of aryl methyl sites for hydroxylation is 1. The van der Waals surface area contributed by atoms with Gasteiger partial charge in [-0.25, -0.2) is 0 Å². The van der Waals surface area contributed by atoms with Crippen LogP contribution in [0.15, 0.2) is 11.0 Å². The maximum Gasteiger partial charge on any atom is 0.270 e. The van der Waals surface area contributed by atoms with Crippen molar-refractivity contribution in [1.82, 2.24) is 9.97 Å². The van der Waals surface area contributed by atoms with E-state index in [0.717, 1.165) is 24.2 Å². The highest BCUT2D eigenvalue weighted by atomic mass is 16.1. The van der Waals surface area contributed by atoms with Gasteiger partial charge in [-0.2, -0.15) is 0 Å². The summed E-state index contributed by atoms with van der Waals surface area (Å²) in [4.78, 5) is 18.0. The lowest BCUT2D eigenvalue weighted by Gasteiger charge is -1.95. The normalized spacial score (nSPS) is 16.8. The zero-order valence-electron chi connectivity index (χ0n) is 6.42. The number of hydrogen-bond donors (Lipinski definition) is 1. The molecule has 3 nitrogen and oxygen atoms in total. The summed E-state index contributed by atoms with van der Waals surface area (Å²) in [7, 11) is 0. The minimum absolute atomic E-state index is 0.00694. The fourth-order valence-corrected chi connectivity index (χ4v) is 1.15. The van der Waals surface area contributed by atoms with Crippen molar-refractivity contribution in [3.05, 3.63) is 27.9 Å². The first kappa shape index (κ1) is 6.58. The van der Waals surface area contributed by atoms with Crippen LogP contribution in [0.2, 0.25) is 0 Å². The molecule has 1 aromatic heterocycles. The van der Waals surface area contributed by atoms with Crippen molar-refractivity contribution in [1.29, 1.82) is 0 Å². The quantitative estimate of drug-likeness (QED) is 0.648.